The highest BCUT2D eigenvalue weighted by Gasteiger charge is 2.30. The van der Waals surface area contributed by atoms with E-state index in [4.69, 9.17) is 4.74 Å². The van der Waals surface area contributed by atoms with Crippen molar-refractivity contribution in [3.8, 4) is 11.3 Å². The van der Waals surface area contributed by atoms with Crippen LogP contribution in [-0.2, 0) is 16.2 Å². The third-order valence-electron chi connectivity index (χ3n) is 3.97. The van der Waals surface area contributed by atoms with E-state index in [0.29, 0.717) is 27.7 Å². The average molecular weight is 424 g/mol. The summed E-state index contributed by atoms with van der Waals surface area (Å²) >= 11 is 3.42. The number of alkyl halides is 4. The Morgan fingerprint density at radius 3 is 2.38 bits per heavy atom. The molecule has 3 nitrogen and oxygen atoms in total. The SMILES string of the molecule is COC(=O)c1ccc2c(CBr)cc(-c3ccc(C(F)(F)F)cc3)nc2c1. The van der Waals surface area contributed by atoms with Crippen LogP contribution in [0.15, 0.2) is 48.5 Å². The van der Waals surface area contributed by atoms with Crippen molar-refractivity contribution in [1.82, 2.24) is 4.98 Å². The summed E-state index contributed by atoms with van der Waals surface area (Å²) in [6.45, 7) is 0. The summed E-state index contributed by atoms with van der Waals surface area (Å²) in [5.74, 6) is -0.478. The van der Waals surface area contributed by atoms with E-state index >= 15 is 0 Å². The smallest absolute Gasteiger partial charge is 0.416 e. The second-order valence-electron chi connectivity index (χ2n) is 5.60. The van der Waals surface area contributed by atoms with E-state index < -0.39 is 17.7 Å². The molecule has 26 heavy (non-hydrogen) atoms. The fraction of sp³-hybridized carbons (Fsp3) is 0.158. The van der Waals surface area contributed by atoms with Gasteiger partial charge in [-0.05, 0) is 35.9 Å². The van der Waals surface area contributed by atoms with Crippen LogP contribution in [0.2, 0.25) is 0 Å². The normalized spacial score (nSPS) is 11.6. The lowest BCUT2D eigenvalue weighted by atomic mass is 10.0. The molecule has 3 rings (SSSR count). The molecule has 0 radical (unpaired) electrons. The number of hydrogen-bond acceptors (Lipinski definition) is 3. The minimum Gasteiger partial charge on any atom is -0.465 e. The molecule has 0 unspecified atom stereocenters. The Balaban J connectivity index is 2.12. The van der Waals surface area contributed by atoms with Gasteiger partial charge in [0.05, 0.1) is 29.4 Å². The Hall–Kier alpha value is -2.41. The highest BCUT2D eigenvalue weighted by molar-refractivity contribution is 9.08. The molecule has 1 heterocycles. The fourth-order valence-electron chi connectivity index (χ4n) is 2.63. The predicted molar refractivity (Wildman–Crippen MR) is 96.2 cm³/mol. The number of halogens is 4. The van der Waals surface area contributed by atoms with E-state index in [-0.39, 0.29) is 0 Å². The summed E-state index contributed by atoms with van der Waals surface area (Å²) in [7, 11) is 1.29. The maximum absolute atomic E-state index is 12.7. The molecule has 0 aliphatic rings. The Labute approximate surface area is 155 Å². The monoisotopic (exact) mass is 423 g/mol. The number of ether oxygens (including phenoxy) is 1. The quantitative estimate of drug-likeness (QED) is 0.406. The minimum atomic E-state index is -4.38. The zero-order chi connectivity index (χ0) is 18.9. The molecule has 134 valence electrons. The summed E-state index contributed by atoms with van der Waals surface area (Å²) in [4.78, 5) is 16.2. The zero-order valence-electron chi connectivity index (χ0n) is 13.6. The van der Waals surface area contributed by atoms with Crippen LogP contribution in [0.4, 0.5) is 13.2 Å². The number of rotatable bonds is 3. The van der Waals surface area contributed by atoms with Gasteiger partial charge in [-0.1, -0.05) is 34.1 Å². The molecule has 0 atom stereocenters. The highest BCUT2D eigenvalue weighted by atomic mass is 79.9. The van der Waals surface area contributed by atoms with Crippen molar-refractivity contribution in [3.63, 3.8) is 0 Å². The largest absolute Gasteiger partial charge is 0.465 e. The van der Waals surface area contributed by atoms with Crippen molar-refractivity contribution < 1.29 is 22.7 Å². The van der Waals surface area contributed by atoms with Gasteiger partial charge in [0.1, 0.15) is 0 Å². The highest BCUT2D eigenvalue weighted by Crippen LogP contribution is 2.32. The molecule has 0 bridgehead atoms. The summed E-state index contributed by atoms with van der Waals surface area (Å²) in [6, 6.07) is 11.7. The van der Waals surface area contributed by atoms with Crippen LogP contribution in [0.1, 0.15) is 21.5 Å². The number of fused-ring (bicyclic) bond motifs is 1. The fourth-order valence-corrected chi connectivity index (χ4v) is 3.10. The van der Waals surface area contributed by atoms with Gasteiger partial charge in [-0.3, -0.25) is 0 Å². The van der Waals surface area contributed by atoms with Crippen molar-refractivity contribution in [3.05, 3.63) is 65.2 Å². The van der Waals surface area contributed by atoms with Gasteiger partial charge in [0.15, 0.2) is 0 Å². The van der Waals surface area contributed by atoms with E-state index in [2.05, 4.69) is 20.9 Å². The third kappa shape index (κ3) is 3.58. The topological polar surface area (TPSA) is 39.2 Å². The number of pyridine rings is 1. The van der Waals surface area contributed by atoms with Crippen LogP contribution in [0.5, 0.6) is 0 Å². The van der Waals surface area contributed by atoms with Gasteiger partial charge in [-0.25, -0.2) is 9.78 Å². The molecule has 0 fully saturated rings. The second-order valence-corrected chi connectivity index (χ2v) is 6.16. The summed E-state index contributed by atoms with van der Waals surface area (Å²) in [5.41, 5.74) is 2.22. The lowest BCUT2D eigenvalue weighted by molar-refractivity contribution is -0.137. The maximum Gasteiger partial charge on any atom is 0.416 e. The van der Waals surface area contributed by atoms with Crippen molar-refractivity contribution in [2.75, 3.05) is 7.11 Å². The first-order chi connectivity index (χ1) is 12.3. The van der Waals surface area contributed by atoms with E-state index in [0.717, 1.165) is 23.1 Å². The van der Waals surface area contributed by atoms with Crippen LogP contribution in [0.3, 0.4) is 0 Å². The van der Waals surface area contributed by atoms with Gasteiger partial charge in [0, 0.05) is 16.3 Å². The minimum absolute atomic E-state index is 0.359. The van der Waals surface area contributed by atoms with Gasteiger partial charge in [0.2, 0.25) is 0 Å². The Bertz CT molecular complexity index is 969. The van der Waals surface area contributed by atoms with Crippen molar-refractivity contribution in [2.24, 2.45) is 0 Å². The Kier molecular flexibility index (Phi) is 5.00. The first-order valence-corrected chi connectivity index (χ1v) is 8.71. The molecular formula is C19H13BrF3NO2. The number of aromatic nitrogens is 1. The van der Waals surface area contributed by atoms with Crippen LogP contribution >= 0.6 is 15.9 Å². The van der Waals surface area contributed by atoms with Crippen molar-refractivity contribution >= 4 is 32.8 Å². The van der Waals surface area contributed by atoms with Gasteiger partial charge >= 0.3 is 12.1 Å². The van der Waals surface area contributed by atoms with Crippen LogP contribution < -0.4 is 0 Å². The number of nitrogens with zero attached hydrogens (tertiary/aromatic N) is 1. The standard InChI is InChI=1S/C19H13BrF3NO2/c1-26-18(25)12-4-7-15-13(10-20)9-16(24-17(15)8-12)11-2-5-14(6-3-11)19(21,22)23/h2-9H,10H2,1H3. The molecule has 0 aliphatic heterocycles. The molecule has 0 aliphatic carbocycles. The summed E-state index contributed by atoms with van der Waals surface area (Å²) < 4.78 is 42.9. The van der Waals surface area contributed by atoms with E-state index in [9.17, 15) is 18.0 Å². The number of carbonyl (C=O) groups excluding carboxylic acids is 1. The number of methoxy groups -OCH3 is 1. The molecule has 3 aromatic rings. The zero-order valence-corrected chi connectivity index (χ0v) is 15.2. The molecule has 1 aromatic heterocycles. The number of hydrogen-bond donors (Lipinski definition) is 0. The van der Waals surface area contributed by atoms with Crippen molar-refractivity contribution in [1.29, 1.82) is 0 Å². The van der Waals surface area contributed by atoms with Crippen LogP contribution in [0, 0.1) is 0 Å². The van der Waals surface area contributed by atoms with Crippen molar-refractivity contribution in [2.45, 2.75) is 11.5 Å². The molecule has 0 amide bonds. The average Bonchev–Trinajstić information content (AvgIpc) is 2.65. The summed E-state index contributed by atoms with van der Waals surface area (Å²) in [6.07, 6.45) is -4.38. The molecule has 7 heteroatoms. The molecule has 0 spiro atoms. The Morgan fingerprint density at radius 1 is 1.12 bits per heavy atom. The first-order valence-electron chi connectivity index (χ1n) is 7.59. The third-order valence-corrected chi connectivity index (χ3v) is 4.57. The molecule has 0 saturated heterocycles. The second kappa shape index (κ2) is 7.07. The molecule has 0 N–H and O–H groups in total. The molecule has 2 aromatic carbocycles. The van der Waals surface area contributed by atoms with Gasteiger partial charge < -0.3 is 4.74 Å². The Morgan fingerprint density at radius 2 is 1.81 bits per heavy atom. The lowest BCUT2D eigenvalue weighted by Gasteiger charge is -2.11. The number of esters is 1. The number of benzene rings is 2. The first kappa shape index (κ1) is 18.4. The summed E-state index contributed by atoms with van der Waals surface area (Å²) in [5, 5.41) is 1.39. The lowest BCUT2D eigenvalue weighted by Crippen LogP contribution is -2.04. The van der Waals surface area contributed by atoms with Gasteiger partial charge in [-0.2, -0.15) is 13.2 Å². The van der Waals surface area contributed by atoms with Gasteiger partial charge in [-0.15, -0.1) is 0 Å². The van der Waals surface area contributed by atoms with Crippen LogP contribution in [0.25, 0.3) is 22.2 Å². The van der Waals surface area contributed by atoms with E-state index in [1.165, 1.54) is 19.2 Å². The number of carbonyl (C=O) groups is 1. The van der Waals surface area contributed by atoms with E-state index in [1.54, 1.807) is 18.2 Å². The molecular weight excluding hydrogens is 411 g/mol. The van der Waals surface area contributed by atoms with E-state index in [1.807, 2.05) is 6.07 Å². The van der Waals surface area contributed by atoms with Crippen LogP contribution in [-0.4, -0.2) is 18.1 Å². The van der Waals surface area contributed by atoms with Gasteiger partial charge in [0.25, 0.3) is 0 Å². The molecule has 0 saturated carbocycles. The maximum atomic E-state index is 12.7. The predicted octanol–water partition coefficient (Wildman–Crippen LogP) is 5.60.